The van der Waals surface area contributed by atoms with Gasteiger partial charge in [-0.05, 0) is 76.8 Å². The van der Waals surface area contributed by atoms with Gasteiger partial charge in [0.1, 0.15) is 17.6 Å². The van der Waals surface area contributed by atoms with Crippen molar-refractivity contribution >= 4 is 22.2 Å². The number of benzene rings is 2. The van der Waals surface area contributed by atoms with Gasteiger partial charge in [-0.25, -0.2) is 13.2 Å². The van der Waals surface area contributed by atoms with E-state index < -0.39 is 44.3 Å². The van der Waals surface area contributed by atoms with Gasteiger partial charge in [-0.2, -0.15) is 0 Å². The van der Waals surface area contributed by atoms with E-state index in [0.717, 1.165) is 18.4 Å². The second-order valence-corrected chi connectivity index (χ2v) is 14.1. The predicted octanol–water partition coefficient (Wildman–Crippen LogP) is 5.01. The highest BCUT2D eigenvalue weighted by atomic mass is 32.2. The van der Waals surface area contributed by atoms with Gasteiger partial charge in [0, 0.05) is 18.4 Å². The zero-order valence-electron chi connectivity index (χ0n) is 25.7. The summed E-state index contributed by atoms with van der Waals surface area (Å²) in [6.07, 6.45) is 0.989. The molecule has 0 aliphatic heterocycles. The van der Waals surface area contributed by atoms with Gasteiger partial charge in [-0.15, -0.1) is 0 Å². The molecule has 0 aliphatic rings. The van der Waals surface area contributed by atoms with Crippen molar-refractivity contribution < 1.29 is 32.6 Å². The van der Waals surface area contributed by atoms with Crippen molar-refractivity contribution in [1.82, 2.24) is 5.32 Å². The molecule has 0 fully saturated rings. The summed E-state index contributed by atoms with van der Waals surface area (Å²) in [5, 5.41) is 13.8. The van der Waals surface area contributed by atoms with E-state index in [9.17, 15) is 23.1 Å². The molecule has 0 aliphatic carbocycles. The summed E-state index contributed by atoms with van der Waals surface area (Å²) in [6, 6.07) is 15.6. The van der Waals surface area contributed by atoms with Crippen molar-refractivity contribution in [3.05, 3.63) is 60.2 Å². The highest BCUT2D eigenvalue weighted by Gasteiger charge is 2.46. The highest BCUT2D eigenvalue weighted by Crippen LogP contribution is 2.39. The first-order chi connectivity index (χ1) is 19.7. The number of unbranched alkanes of at least 4 members (excludes halogenated alkanes) is 1. The van der Waals surface area contributed by atoms with Gasteiger partial charge < -0.3 is 30.4 Å². The minimum atomic E-state index is -3.82. The number of aldehydes is 1. The molecule has 0 bridgehead atoms. The number of sulfone groups is 1. The Labute approximate surface area is 251 Å². The standard InChI is InChI=1S/C32H48N2O7S/c1-7-8-14-28(23-12-10-9-11-13-23)32(5,34-30(37)41-31(2,3)4)29(36)24(22-35)15-18-27(21-33)42(38,39)26-19-16-25(40-6)17-20-26/h9-13,16-17,19-20,22,24,27-29,36H,7-8,14-15,18,21,33H2,1-6H3,(H,34,37)/t24?,27-,28?,29?,32+/m1/s1. The topological polar surface area (TPSA) is 145 Å². The fraction of sp³-hybridized carbons (Fsp3) is 0.562. The van der Waals surface area contributed by atoms with Gasteiger partial charge in [-0.1, -0.05) is 50.1 Å². The molecule has 1 amide bonds. The molecule has 42 heavy (non-hydrogen) atoms. The zero-order chi connectivity index (χ0) is 31.6. The number of ether oxygens (including phenoxy) is 2. The monoisotopic (exact) mass is 604 g/mol. The Morgan fingerprint density at radius 1 is 1.02 bits per heavy atom. The van der Waals surface area contributed by atoms with Crippen LogP contribution in [-0.2, 0) is 19.4 Å². The number of aliphatic hydroxyl groups excluding tert-OH is 1. The molecule has 5 atom stereocenters. The summed E-state index contributed by atoms with van der Waals surface area (Å²) in [5.41, 5.74) is 4.71. The van der Waals surface area contributed by atoms with Gasteiger partial charge >= 0.3 is 6.09 Å². The lowest BCUT2D eigenvalue weighted by atomic mass is 9.70. The number of methoxy groups -OCH3 is 1. The van der Waals surface area contributed by atoms with E-state index in [1.54, 1.807) is 39.8 Å². The molecule has 0 spiro atoms. The normalized spacial score (nSPS) is 16.4. The minimum Gasteiger partial charge on any atom is -0.497 e. The van der Waals surface area contributed by atoms with E-state index in [0.29, 0.717) is 18.5 Å². The first kappa shape index (κ1) is 35.2. The quantitative estimate of drug-likeness (QED) is 0.227. The largest absolute Gasteiger partial charge is 0.497 e. The van der Waals surface area contributed by atoms with Crippen LogP contribution in [0, 0.1) is 5.92 Å². The van der Waals surface area contributed by atoms with Gasteiger partial charge in [0.25, 0.3) is 0 Å². The number of nitrogens with two attached hydrogens (primary N) is 1. The third kappa shape index (κ3) is 9.28. The van der Waals surface area contributed by atoms with Crippen LogP contribution >= 0.6 is 0 Å². The molecule has 2 aromatic carbocycles. The maximum Gasteiger partial charge on any atom is 0.408 e. The molecule has 0 radical (unpaired) electrons. The molecule has 9 nitrogen and oxygen atoms in total. The van der Waals surface area contributed by atoms with Crippen molar-refractivity contribution in [1.29, 1.82) is 0 Å². The number of rotatable bonds is 16. The smallest absolute Gasteiger partial charge is 0.408 e. The van der Waals surface area contributed by atoms with Crippen LogP contribution in [0.4, 0.5) is 4.79 Å². The second kappa shape index (κ2) is 15.5. The molecular weight excluding hydrogens is 556 g/mol. The zero-order valence-corrected chi connectivity index (χ0v) is 26.5. The Bertz CT molecular complexity index is 1230. The van der Waals surface area contributed by atoms with E-state index in [-0.39, 0.29) is 30.2 Å². The minimum absolute atomic E-state index is 0.0405. The number of carbonyl (C=O) groups is 2. The summed E-state index contributed by atoms with van der Waals surface area (Å²) < 4.78 is 37.4. The molecule has 2 rings (SSSR count). The van der Waals surface area contributed by atoms with E-state index in [1.807, 2.05) is 30.3 Å². The van der Waals surface area contributed by atoms with Gasteiger partial charge in [0.15, 0.2) is 9.84 Å². The number of hydrogen-bond acceptors (Lipinski definition) is 8. The predicted molar refractivity (Wildman–Crippen MR) is 164 cm³/mol. The van der Waals surface area contributed by atoms with Crippen LogP contribution in [0.3, 0.4) is 0 Å². The van der Waals surface area contributed by atoms with Crippen LogP contribution in [0.2, 0.25) is 0 Å². The van der Waals surface area contributed by atoms with Gasteiger partial charge in [-0.3, -0.25) is 0 Å². The first-order valence-electron chi connectivity index (χ1n) is 14.5. The SMILES string of the molecule is CCCCC(c1ccccc1)[C@](C)(NC(=O)OC(C)(C)C)C(O)C(C=O)CC[C@H](CN)S(=O)(=O)c1ccc(OC)cc1. The fourth-order valence-corrected chi connectivity index (χ4v) is 6.88. The van der Waals surface area contributed by atoms with Crippen molar-refractivity contribution in [2.45, 2.75) is 100 Å². The van der Waals surface area contributed by atoms with Crippen LogP contribution in [-0.4, -0.2) is 62.1 Å². The van der Waals surface area contributed by atoms with Crippen LogP contribution in [0.25, 0.3) is 0 Å². The Morgan fingerprint density at radius 2 is 1.64 bits per heavy atom. The molecule has 0 heterocycles. The van der Waals surface area contributed by atoms with Crippen molar-refractivity contribution in [3.63, 3.8) is 0 Å². The number of aliphatic hydroxyl groups is 1. The van der Waals surface area contributed by atoms with Crippen LogP contribution < -0.4 is 15.8 Å². The molecule has 0 saturated carbocycles. The summed E-state index contributed by atoms with van der Waals surface area (Å²) in [6.45, 7) is 8.86. The summed E-state index contributed by atoms with van der Waals surface area (Å²) in [5.74, 6) is -0.829. The third-order valence-corrected chi connectivity index (χ3v) is 9.88. The Balaban J connectivity index is 2.43. The first-order valence-corrected chi connectivity index (χ1v) is 16.1. The van der Waals surface area contributed by atoms with E-state index in [4.69, 9.17) is 15.2 Å². The molecule has 4 N–H and O–H groups in total. The Morgan fingerprint density at radius 3 is 2.14 bits per heavy atom. The van der Waals surface area contributed by atoms with E-state index >= 15 is 0 Å². The average molecular weight is 605 g/mol. The number of nitrogens with one attached hydrogen (secondary N) is 1. The van der Waals surface area contributed by atoms with Crippen molar-refractivity contribution in [2.24, 2.45) is 11.7 Å². The molecule has 234 valence electrons. The number of amides is 1. The van der Waals surface area contributed by atoms with Gasteiger partial charge in [0.2, 0.25) is 0 Å². The lowest BCUT2D eigenvalue weighted by molar-refractivity contribution is -0.117. The molecule has 10 heteroatoms. The van der Waals surface area contributed by atoms with Crippen molar-refractivity contribution in [3.8, 4) is 5.75 Å². The molecular formula is C32H48N2O7S. The summed E-state index contributed by atoms with van der Waals surface area (Å²) in [7, 11) is -2.33. The molecule has 0 saturated heterocycles. The average Bonchev–Trinajstić information content (AvgIpc) is 2.94. The van der Waals surface area contributed by atoms with Crippen LogP contribution in [0.1, 0.15) is 78.2 Å². The molecule has 0 aromatic heterocycles. The van der Waals surface area contributed by atoms with E-state index in [2.05, 4.69) is 12.2 Å². The van der Waals surface area contributed by atoms with Crippen molar-refractivity contribution in [2.75, 3.05) is 13.7 Å². The number of hydrogen-bond donors (Lipinski definition) is 3. The summed E-state index contributed by atoms with van der Waals surface area (Å²) >= 11 is 0. The van der Waals surface area contributed by atoms with E-state index in [1.165, 1.54) is 19.2 Å². The maximum absolute atomic E-state index is 13.4. The third-order valence-electron chi connectivity index (χ3n) is 7.65. The lowest BCUT2D eigenvalue weighted by Crippen LogP contribution is -2.61. The number of alkyl carbamates (subject to hydrolysis) is 1. The summed E-state index contributed by atoms with van der Waals surface area (Å²) in [4.78, 5) is 25.7. The second-order valence-electron chi connectivity index (χ2n) is 11.9. The van der Waals surface area contributed by atoms with Crippen LogP contribution in [0.15, 0.2) is 59.5 Å². The van der Waals surface area contributed by atoms with Gasteiger partial charge in [0.05, 0.1) is 28.9 Å². The fourth-order valence-electron chi connectivity index (χ4n) is 5.28. The number of carbonyl (C=O) groups excluding carboxylic acids is 2. The maximum atomic E-state index is 13.4. The Hall–Kier alpha value is -2.95. The van der Waals surface area contributed by atoms with Crippen LogP contribution in [0.5, 0.6) is 5.75 Å². The lowest BCUT2D eigenvalue weighted by Gasteiger charge is -2.44. The Kier molecular flexibility index (Phi) is 13.0. The molecule has 3 unspecified atom stereocenters. The highest BCUT2D eigenvalue weighted by molar-refractivity contribution is 7.92. The molecule has 2 aromatic rings.